The van der Waals surface area contributed by atoms with Gasteiger partial charge in [-0.05, 0) is 37.9 Å². The van der Waals surface area contributed by atoms with Gasteiger partial charge in [-0.1, -0.05) is 37.6 Å². The monoisotopic (exact) mass is 247 g/mol. The fourth-order valence-corrected chi connectivity index (χ4v) is 2.99. The molecule has 1 N–H and O–H groups in total. The molecule has 0 bridgehead atoms. The van der Waals surface area contributed by atoms with Crippen LogP contribution in [0.2, 0.25) is 0 Å². The third-order valence-corrected chi connectivity index (χ3v) is 4.05. The minimum absolute atomic E-state index is 0.359. The Balaban J connectivity index is 2.11. The van der Waals surface area contributed by atoms with Crippen molar-refractivity contribution in [2.75, 3.05) is 13.7 Å². The third kappa shape index (κ3) is 2.93. The summed E-state index contributed by atoms with van der Waals surface area (Å²) in [6, 6.07) is 9.50. The van der Waals surface area contributed by atoms with E-state index < -0.39 is 0 Å². The molecule has 3 unspecified atom stereocenters. The maximum absolute atomic E-state index is 5.69. The first-order valence-electron chi connectivity index (χ1n) is 7.14. The third-order valence-electron chi connectivity index (χ3n) is 4.05. The number of hydrogen-bond donors (Lipinski definition) is 1. The van der Waals surface area contributed by atoms with E-state index in [-0.39, 0.29) is 0 Å². The van der Waals surface area contributed by atoms with Crippen LogP contribution in [0.3, 0.4) is 0 Å². The Bertz CT molecular complexity index is 360. The summed E-state index contributed by atoms with van der Waals surface area (Å²) in [6.45, 7) is 5.31. The second kappa shape index (κ2) is 6.35. The fraction of sp³-hybridized carbons (Fsp3) is 0.625. The zero-order chi connectivity index (χ0) is 13.0. The van der Waals surface area contributed by atoms with Crippen LogP contribution in [0.5, 0.6) is 0 Å². The lowest BCUT2D eigenvalue weighted by Gasteiger charge is -2.26. The summed E-state index contributed by atoms with van der Waals surface area (Å²) in [4.78, 5) is 0. The lowest BCUT2D eigenvalue weighted by Crippen LogP contribution is -2.29. The number of nitrogens with one attached hydrogen (secondary N) is 1. The zero-order valence-electron chi connectivity index (χ0n) is 11.8. The molecule has 1 heterocycles. The van der Waals surface area contributed by atoms with Gasteiger partial charge in [0.1, 0.15) is 0 Å². The van der Waals surface area contributed by atoms with Crippen molar-refractivity contribution in [1.82, 2.24) is 5.32 Å². The Hall–Kier alpha value is -0.860. The molecule has 1 aromatic rings. The first-order valence-corrected chi connectivity index (χ1v) is 7.14. The highest BCUT2D eigenvalue weighted by Gasteiger charge is 2.31. The van der Waals surface area contributed by atoms with Crippen molar-refractivity contribution in [2.45, 2.75) is 45.3 Å². The molecule has 0 saturated carbocycles. The van der Waals surface area contributed by atoms with Crippen LogP contribution in [0, 0.1) is 5.92 Å². The lowest BCUT2D eigenvalue weighted by atomic mass is 9.88. The SMILES string of the molecule is CCCc1ccc(C(NC)C2CCOC2C)cc1. The normalized spacial score (nSPS) is 25.3. The molecular weight excluding hydrogens is 222 g/mol. The number of benzene rings is 1. The van der Waals surface area contributed by atoms with Crippen molar-refractivity contribution in [3.05, 3.63) is 35.4 Å². The van der Waals surface area contributed by atoms with Gasteiger partial charge in [-0.15, -0.1) is 0 Å². The van der Waals surface area contributed by atoms with Gasteiger partial charge in [-0.25, -0.2) is 0 Å². The molecule has 0 aliphatic carbocycles. The van der Waals surface area contributed by atoms with E-state index in [1.165, 1.54) is 24.0 Å². The molecule has 0 aromatic heterocycles. The summed E-state index contributed by atoms with van der Waals surface area (Å²) >= 11 is 0. The smallest absolute Gasteiger partial charge is 0.0594 e. The number of hydrogen-bond acceptors (Lipinski definition) is 2. The van der Waals surface area contributed by atoms with Gasteiger partial charge in [0.2, 0.25) is 0 Å². The molecule has 1 aliphatic heterocycles. The van der Waals surface area contributed by atoms with E-state index in [0.29, 0.717) is 18.1 Å². The Morgan fingerprint density at radius 2 is 2.06 bits per heavy atom. The van der Waals surface area contributed by atoms with Crippen LogP contribution in [0.1, 0.15) is 43.9 Å². The molecule has 2 rings (SSSR count). The summed E-state index contributed by atoms with van der Waals surface area (Å²) in [5.41, 5.74) is 2.83. The first-order chi connectivity index (χ1) is 8.76. The summed E-state index contributed by atoms with van der Waals surface area (Å²) in [5.74, 6) is 0.590. The molecule has 1 aromatic carbocycles. The van der Waals surface area contributed by atoms with E-state index in [1.807, 2.05) is 0 Å². The van der Waals surface area contributed by atoms with Gasteiger partial charge in [-0.2, -0.15) is 0 Å². The predicted molar refractivity (Wildman–Crippen MR) is 75.8 cm³/mol. The van der Waals surface area contributed by atoms with Crippen molar-refractivity contribution >= 4 is 0 Å². The molecule has 0 spiro atoms. The maximum atomic E-state index is 5.69. The fourth-order valence-electron chi connectivity index (χ4n) is 2.99. The van der Waals surface area contributed by atoms with Crippen LogP contribution < -0.4 is 5.32 Å². The van der Waals surface area contributed by atoms with Crippen molar-refractivity contribution < 1.29 is 4.74 Å². The van der Waals surface area contributed by atoms with Crippen LogP contribution in [-0.4, -0.2) is 19.8 Å². The highest BCUT2D eigenvalue weighted by atomic mass is 16.5. The molecule has 2 nitrogen and oxygen atoms in total. The summed E-state index contributed by atoms with van der Waals surface area (Å²) in [5, 5.41) is 3.46. The lowest BCUT2D eigenvalue weighted by molar-refractivity contribution is 0.0963. The quantitative estimate of drug-likeness (QED) is 0.862. The topological polar surface area (TPSA) is 21.3 Å². The molecular formula is C16H25NO. The minimum atomic E-state index is 0.359. The highest BCUT2D eigenvalue weighted by molar-refractivity contribution is 5.26. The van der Waals surface area contributed by atoms with Crippen molar-refractivity contribution in [2.24, 2.45) is 5.92 Å². The van der Waals surface area contributed by atoms with Gasteiger partial charge in [0.15, 0.2) is 0 Å². The number of rotatable bonds is 5. The average molecular weight is 247 g/mol. The minimum Gasteiger partial charge on any atom is -0.378 e. The van der Waals surface area contributed by atoms with E-state index >= 15 is 0 Å². The van der Waals surface area contributed by atoms with E-state index in [9.17, 15) is 0 Å². The molecule has 1 fully saturated rings. The van der Waals surface area contributed by atoms with E-state index in [1.54, 1.807) is 0 Å². The van der Waals surface area contributed by atoms with Crippen LogP contribution in [0.15, 0.2) is 24.3 Å². The van der Waals surface area contributed by atoms with Crippen LogP contribution in [0.4, 0.5) is 0 Å². The number of aryl methyl sites for hydroxylation is 1. The first kappa shape index (κ1) is 13.6. The van der Waals surface area contributed by atoms with Crippen LogP contribution >= 0.6 is 0 Å². The molecule has 1 saturated heterocycles. The summed E-state index contributed by atoms with van der Waals surface area (Å²) in [7, 11) is 2.05. The Morgan fingerprint density at radius 1 is 1.33 bits per heavy atom. The Morgan fingerprint density at radius 3 is 2.56 bits per heavy atom. The van der Waals surface area contributed by atoms with Crippen LogP contribution in [0.25, 0.3) is 0 Å². The van der Waals surface area contributed by atoms with Crippen molar-refractivity contribution in [3.63, 3.8) is 0 Å². The highest BCUT2D eigenvalue weighted by Crippen LogP contribution is 2.33. The largest absolute Gasteiger partial charge is 0.378 e. The maximum Gasteiger partial charge on any atom is 0.0594 e. The van der Waals surface area contributed by atoms with Gasteiger partial charge >= 0.3 is 0 Å². The van der Waals surface area contributed by atoms with E-state index in [2.05, 4.69) is 50.5 Å². The predicted octanol–water partition coefficient (Wildman–Crippen LogP) is 3.32. The Labute approximate surface area is 111 Å². The summed E-state index contributed by atoms with van der Waals surface area (Å²) in [6.07, 6.45) is 3.90. The average Bonchev–Trinajstić information content (AvgIpc) is 2.79. The molecule has 2 heteroatoms. The van der Waals surface area contributed by atoms with Crippen molar-refractivity contribution in [1.29, 1.82) is 0 Å². The Kier molecular flexibility index (Phi) is 4.79. The standard InChI is InChI=1S/C16H25NO/c1-4-5-13-6-8-14(9-7-13)16(17-3)15-10-11-18-12(15)2/h6-9,12,15-17H,4-5,10-11H2,1-3H3. The van der Waals surface area contributed by atoms with E-state index in [4.69, 9.17) is 4.74 Å². The van der Waals surface area contributed by atoms with Gasteiger partial charge < -0.3 is 10.1 Å². The van der Waals surface area contributed by atoms with Gasteiger partial charge in [0.05, 0.1) is 6.10 Å². The second-order valence-electron chi connectivity index (χ2n) is 5.29. The van der Waals surface area contributed by atoms with Gasteiger partial charge in [0, 0.05) is 18.6 Å². The molecule has 0 amide bonds. The van der Waals surface area contributed by atoms with Crippen LogP contribution in [-0.2, 0) is 11.2 Å². The van der Waals surface area contributed by atoms with Crippen molar-refractivity contribution in [3.8, 4) is 0 Å². The molecule has 1 aliphatic rings. The summed E-state index contributed by atoms with van der Waals surface area (Å²) < 4.78 is 5.69. The number of ether oxygens (including phenoxy) is 1. The molecule has 3 atom stereocenters. The van der Waals surface area contributed by atoms with Gasteiger partial charge in [0.25, 0.3) is 0 Å². The molecule has 100 valence electrons. The van der Waals surface area contributed by atoms with Gasteiger partial charge in [-0.3, -0.25) is 0 Å². The second-order valence-corrected chi connectivity index (χ2v) is 5.29. The molecule has 18 heavy (non-hydrogen) atoms. The van der Waals surface area contributed by atoms with E-state index in [0.717, 1.165) is 13.0 Å². The zero-order valence-corrected chi connectivity index (χ0v) is 11.8. The molecule has 0 radical (unpaired) electrons.